The van der Waals surface area contributed by atoms with Crippen molar-refractivity contribution in [3.8, 4) is 5.69 Å². The average Bonchev–Trinajstić information content (AvgIpc) is 3.18. The highest BCUT2D eigenvalue weighted by atomic mass is 35.5. The Labute approximate surface area is 183 Å². The van der Waals surface area contributed by atoms with Crippen molar-refractivity contribution in [2.24, 2.45) is 5.73 Å². The van der Waals surface area contributed by atoms with E-state index in [0.29, 0.717) is 18.8 Å². The minimum absolute atomic E-state index is 0. The molecule has 0 atom stereocenters. The van der Waals surface area contributed by atoms with E-state index in [0.717, 1.165) is 23.7 Å². The molecular formula is C19H24ClF3N6O2. The quantitative estimate of drug-likeness (QED) is 0.595. The highest BCUT2D eigenvalue weighted by Gasteiger charge is 2.39. The summed E-state index contributed by atoms with van der Waals surface area (Å²) < 4.78 is 41.0. The van der Waals surface area contributed by atoms with E-state index in [2.05, 4.69) is 15.7 Å². The van der Waals surface area contributed by atoms with Crippen LogP contribution in [-0.2, 0) is 6.18 Å². The topological polar surface area (TPSA) is 105 Å². The number of nitrogens with one attached hydrogen (secondary N) is 2. The molecule has 3 rings (SSSR count). The van der Waals surface area contributed by atoms with Gasteiger partial charge in [0.05, 0.1) is 11.3 Å². The number of para-hydroxylation sites is 1. The van der Waals surface area contributed by atoms with Gasteiger partial charge in [0.1, 0.15) is 0 Å². The molecule has 1 aliphatic heterocycles. The van der Waals surface area contributed by atoms with Gasteiger partial charge in [-0.25, -0.2) is 9.48 Å². The number of amides is 3. The standard InChI is InChI=1S/C19H23F3N6O2.ClH/c20-19(21,22)16-15(12-28(26-16)14-4-2-1-3-5-14)17(29)24-8-9-25-18(30)27-10-6-13(23)7-11-27;/h1-5,12-13H,6-11,23H2,(H,24,29)(H,25,30);1H. The summed E-state index contributed by atoms with van der Waals surface area (Å²) in [6.45, 7) is 1.16. The van der Waals surface area contributed by atoms with Crippen LogP contribution < -0.4 is 16.4 Å². The number of alkyl halides is 3. The van der Waals surface area contributed by atoms with E-state index in [-0.39, 0.29) is 37.6 Å². The number of hydrogen-bond acceptors (Lipinski definition) is 4. The Morgan fingerprint density at radius 1 is 1.10 bits per heavy atom. The monoisotopic (exact) mass is 460 g/mol. The molecular weight excluding hydrogens is 437 g/mol. The molecule has 0 bridgehead atoms. The number of nitrogens with zero attached hydrogens (tertiary/aromatic N) is 3. The molecule has 0 radical (unpaired) electrons. The number of hydrogen-bond donors (Lipinski definition) is 3. The number of piperidine rings is 1. The first kappa shape index (κ1) is 24.5. The lowest BCUT2D eigenvalue weighted by molar-refractivity contribution is -0.141. The molecule has 3 amide bonds. The van der Waals surface area contributed by atoms with Gasteiger partial charge in [0.2, 0.25) is 0 Å². The van der Waals surface area contributed by atoms with Crippen LogP contribution in [-0.4, -0.2) is 58.8 Å². The summed E-state index contributed by atoms with van der Waals surface area (Å²) in [4.78, 5) is 26.0. The van der Waals surface area contributed by atoms with Crippen molar-refractivity contribution < 1.29 is 22.8 Å². The lowest BCUT2D eigenvalue weighted by Crippen LogP contribution is -2.48. The number of aromatic nitrogens is 2. The van der Waals surface area contributed by atoms with Crippen molar-refractivity contribution in [1.82, 2.24) is 25.3 Å². The number of nitrogens with two attached hydrogens (primary N) is 1. The lowest BCUT2D eigenvalue weighted by Gasteiger charge is -2.30. The predicted molar refractivity (Wildman–Crippen MR) is 110 cm³/mol. The normalized spacial score (nSPS) is 14.6. The van der Waals surface area contributed by atoms with Crippen molar-refractivity contribution >= 4 is 24.3 Å². The number of likely N-dealkylation sites (tertiary alicyclic amines) is 1. The van der Waals surface area contributed by atoms with E-state index in [4.69, 9.17) is 5.73 Å². The minimum Gasteiger partial charge on any atom is -0.350 e. The van der Waals surface area contributed by atoms with Crippen molar-refractivity contribution in [3.05, 3.63) is 47.8 Å². The summed E-state index contributed by atoms with van der Waals surface area (Å²) in [5.74, 6) is -0.914. The largest absolute Gasteiger partial charge is 0.435 e. The van der Waals surface area contributed by atoms with E-state index < -0.39 is 23.3 Å². The first-order valence-electron chi connectivity index (χ1n) is 9.54. The van der Waals surface area contributed by atoms with Gasteiger partial charge in [-0.3, -0.25) is 4.79 Å². The predicted octanol–water partition coefficient (Wildman–Crippen LogP) is 2.18. The van der Waals surface area contributed by atoms with Gasteiger partial charge in [-0.15, -0.1) is 12.4 Å². The molecule has 1 fully saturated rings. The molecule has 4 N–H and O–H groups in total. The Balaban J connectivity index is 0.00000341. The third-order valence-corrected chi connectivity index (χ3v) is 4.76. The zero-order valence-electron chi connectivity index (χ0n) is 16.6. The average molecular weight is 461 g/mol. The maximum Gasteiger partial charge on any atom is 0.435 e. The molecule has 1 aliphatic rings. The first-order valence-corrected chi connectivity index (χ1v) is 9.54. The van der Waals surface area contributed by atoms with Gasteiger partial charge in [-0.05, 0) is 25.0 Å². The molecule has 0 unspecified atom stereocenters. The van der Waals surface area contributed by atoms with Crippen LogP contribution in [0.15, 0.2) is 36.5 Å². The Hall–Kier alpha value is -2.79. The molecule has 2 aromatic rings. The summed E-state index contributed by atoms with van der Waals surface area (Å²) in [5, 5.41) is 8.58. The molecule has 170 valence electrons. The first-order chi connectivity index (χ1) is 14.3. The summed E-state index contributed by atoms with van der Waals surface area (Å²) >= 11 is 0. The van der Waals surface area contributed by atoms with E-state index >= 15 is 0 Å². The van der Waals surface area contributed by atoms with Gasteiger partial charge in [-0.1, -0.05) is 18.2 Å². The van der Waals surface area contributed by atoms with Crippen LogP contribution in [0.2, 0.25) is 0 Å². The summed E-state index contributed by atoms with van der Waals surface area (Å²) in [6, 6.07) is 8.00. The summed E-state index contributed by atoms with van der Waals surface area (Å²) in [5.41, 5.74) is 4.35. The maximum absolute atomic E-state index is 13.3. The van der Waals surface area contributed by atoms with Crippen molar-refractivity contribution in [3.63, 3.8) is 0 Å². The van der Waals surface area contributed by atoms with Crippen LogP contribution in [0.4, 0.5) is 18.0 Å². The van der Waals surface area contributed by atoms with Crippen LogP contribution in [0.25, 0.3) is 5.69 Å². The smallest absolute Gasteiger partial charge is 0.350 e. The third-order valence-electron chi connectivity index (χ3n) is 4.76. The molecule has 0 spiro atoms. The number of carbonyl (C=O) groups is 2. The highest BCUT2D eigenvalue weighted by molar-refractivity contribution is 5.95. The Bertz CT molecular complexity index is 883. The Morgan fingerprint density at radius 3 is 2.32 bits per heavy atom. The van der Waals surface area contributed by atoms with Gasteiger partial charge < -0.3 is 21.3 Å². The van der Waals surface area contributed by atoms with E-state index in [9.17, 15) is 22.8 Å². The van der Waals surface area contributed by atoms with Crippen LogP contribution in [0, 0.1) is 0 Å². The van der Waals surface area contributed by atoms with E-state index in [1.807, 2.05) is 0 Å². The molecule has 8 nitrogen and oxygen atoms in total. The van der Waals surface area contributed by atoms with Crippen LogP contribution in [0.5, 0.6) is 0 Å². The Kier molecular flexibility index (Phi) is 8.28. The summed E-state index contributed by atoms with van der Waals surface area (Å²) in [6.07, 6.45) is -2.30. The van der Waals surface area contributed by atoms with Gasteiger partial charge >= 0.3 is 12.2 Å². The SMILES string of the molecule is Cl.NC1CCN(C(=O)NCCNC(=O)c2cn(-c3ccccc3)nc2C(F)(F)F)CC1. The van der Waals surface area contributed by atoms with Gasteiger partial charge in [0, 0.05) is 38.4 Å². The van der Waals surface area contributed by atoms with Crippen LogP contribution in [0.3, 0.4) is 0 Å². The number of rotatable bonds is 5. The zero-order valence-corrected chi connectivity index (χ0v) is 17.4. The lowest BCUT2D eigenvalue weighted by atomic mass is 10.1. The minimum atomic E-state index is -4.78. The van der Waals surface area contributed by atoms with Crippen molar-refractivity contribution in [2.75, 3.05) is 26.2 Å². The second-order valence-electron chi connectivity index (χ2n) is 6.98. The molecule has 1 aromatic carbocycles. The van der Waals surface area contributed by atoms with Gasteiger partial charge in [-0.2, -0.15) is 18.3 Å². The molecule has 1 aromatic heterocycles. The zero-order chi connectivity index (χ0) is 21.7. The van der Waals surface area contributed by atoms with Gasteiger partial charge in [0.15, 0.2) is 5.69 Å². The third kappa shape index (κ3) is 6.34. The molecule has 12 heteroatoms. The van der Waals surface area contributed by atoms with Crippen molar-refractivity contribution in [2.45, 2.75) is 25.1 Å². The summed E-state index contributed by atoms with van der Waals surface area (Å²) in [7, 11) is 0. The van der Waals surface area contributed by atoms with Crippen LogP contribution >= 0.6 is 12.4 Å². The second kappa shape index (κ2) is 10.5. The molecule has 1 saturated heterocycles. The van der Waals surface area contributed by atoms with E-state index in [1.54, 1.807) is 35.2 Å². The number of carbonyl (C=O) groups excluding carboxylic acids is 2. The second-order valence-corrected chi connectivity index (χ2v) is 6.98. The maximum atomic E-state index is 13.3. The number of halogens is 4. The van der Waals surface area contributed by atoms with Crippen LogP contribution in [0.1, 0.15) is 28.9 Å². The molecule has 0 saturated carbocycles. The van der Waals surface area contributed by atoms with Gasteiger partial charge in [0.25, 0.3) is 5.91 Å². The highest BCUT2D eigenvalue weighted by Crippen LogP contribution is 2.31. The fourth-order valence-electron chi connectivity index (χ4n) is 3.12. The molecule has 2 heterocycles. The fraction of sp³-hybridized carbons (Fsp3) is 0.421. The van der Waals surface area contributed by atoms with E-state index in [1.165, 1.54) is 0 Å². The van der Waals surface area contributed by atoms with Crippen molar-refractivity contribution in [1.29, 1.82) is 0 Å². The Morgan fingerprint density at radius 2 is 1.71 bits per heavy atom. The molecule has 0 aliphatic carbocycles. The molecule has 31 heavy (non-hydrogen) atoms. The number of benzene rings is 1. The number of urea groups is 1. The fourth-order valence-corrected chi connectivity index (χ4v) is 3.12.